The number of hydrogen-bond donors (Lipinski definition) is 1. The van der Waals surface area contributed by atoms with E-state index in [9.17, 15) is 9.50 Å². The number of fused-ring (bicyclic) bond motifs is 1. The van der Waals surface area contributed by atoms with Gasteiger partial charge in [-0.05, 0) is 35.9 Å². The molecule has 1 aliphatic heterocycles. The van der Waals surface area contributed by atoms with E-state index < -0.39 is 11.9 Å². The van der Waals surface area contributed by atoms with E-state index in [1.165, 1.54) is 25.3 Å². The molecule has 1 aliphatic rings. The molecule has 0 aliphatic carbocycles. The molecule has 0 spiro atoms. The van der Waals surface area contributed by atoms with Crippen LogP contribution in [0.5, 0.6) is 17.2 Å². The van der Waals surface area contributed by atoms with E-state index in [1.54, 1.807) is 18.2 Å². The zero-order valence-corrected chi connectivity index (χ0v) is 11.5. The maximum absolute atomic E-state index is 13.4. The van der Waals surface area contributed by atoms with Gasteiger partial charge in [-0.2, -0.15) is 0 Å². The van der Waals surface area contributed by atoms with Gasteiger partial charge in [0.15, 0.2) is 11.5 Å². The molecule has 1 unspecified atom stereocenters. The lowest BCUT2D eigenvalue weighted by Crippen LogP contribution is -2.15. The first-order valence-electron chi connectivity index (χ1n) is 6.60. The fourth-order valence-electron chi connectivity index (χ4n) is 2.33. The standard InChI is InChI=1S/C16H15FO4/c1-19-13-5-3-11(17)9-12(13)16(18)10-2-4-14-15(8-10)21-7-6-20-14/h2-5,8-9,16,18H,6-7H2,1H3. The molecule has 0 saturated carbocycles. The molecule has 21 heavy (non-hydrogen) atoms. The molecule has 5 heteroatoms. The Bertz CT molecular complexity index is 657. The Kier molecular flexibility index (Phi) is 3.66. The highest BCUT2D eigenvalue weighted by atomic mass is 19.1. The van der Waals surface area contributed by atoms with Crippen molar-refractivity contribution in [1.29, 1.82) is 0 Å². The molecule has 3 rings (SSSR count). The molecule has 1 atom stereocenters. The summed E-state index contributed by atoms with van der Waals surface area (Å²) in [5, 5.41) is 10.5. The number of halogens is 1. The largest absolute Gasteiger partial charge is 0.496 e. The van der Waals surface area contributed by atoms with Gasteiger partial charge in [0.1, 0.15) is 30.9 Å². The minimum atomic E-state index is -1.01. The quantitative estimate of drug-likeness (QED) is 0.944. The molecular formula is C16H15FO4. The highest BCUT2D eigenvalue weighted by molar-refractivity contribution is 5.48. The van der Waals surface area contributed by atoms with Crippen LogP contribution in [-0.2, 0) is 0 Å². The molecular weight excluding hydrogens is 275 g/mol. The summed E-state index contributed by atoms with van der Waals surface area (Å²) in [4.78, 5) is 0. The van der Waals surface area contributed by atoms with E-state index in [0.717, 1.165) is 0 Å². The molecule has 4 nitrogen and oxygen atoms in total. The predicted octanol–water partition coefficient (Wildman–Crippen LogP) is 2.69. The van der Waals surface area contributed by atoms with Crippen molar-refractivity contribution < 1.29 is 23.7 Å². The molecule has 1 N–H and O–H groups in total. The first-order chi connectivity index (χ1) is 10.2. The van der Waals surface area contributed by atoms with Crippen LogP contribution < -0.4 is 14.2 Å². The highest BCUT2D eigenvalue weighted by Crippen LogP contribution is 2.36. The van der Waals surface area contributed by atoms with E-state index in [1.807, 2.05) is 0 Å². The smallest absolute Gasteiger partial charge is 0.161 e. The van der Waals surface area contributed by atoms with Crippen LogP contribution in [0.1, 0.15) is 17.2 Å². The number of ether oxygens (including phenoxy) is 3. The van der Waals surface area contributed by atoms with Crippen molar-refractivity contribution in [3.05, 3.63) is 53.3 Å². The molecule has 1 heterocycles. The van der Waals surface area contributed by atoms with Crippen LogP contribution in [0.4, 0.5) is 4.39 Å². The molecule has 110 valence electrons. The predicted molar refractivity (Wildman–Crippen MR) is 74.4 cm³/mol. The summed E-state index contributed by atoms with van der Waals surface area (Å²) < 4.78 is 29.5. The molecule has 0 amide bonds. The molecule has 0 aromatic heterocycles. The number of aliphatic hydroxyl groups excluding tert-OH is 1. The van der Waals surface area contributed by atoms with Crippen LogP contribution in [0.25, 0.3) is 0 Å². The second kappa shape index (κ2) is 5.61. The molecule has 0 fully saturated rings. The lowest BCUT2D eigenvalue weighted by Gasteiger charge is -2.21. The molecule has 0 radical (unpaired) electrons. The van der Waals surface area contributed by atoms with Crippen molar-refractivity contribution in [2.24, 2.45) is 0 Å². The average Bonchev–Trinajstić information content (AvgIpc) is 2.53. The van der Waals surface area contributed by atoms with Crippen LogP contribution in [0.3, 0.4) is 0 Å². The van der Waals surface area contributed by atoms with Crippen molar-refractivity contribution >= 4 is 0 Å². The van der Waals surface area contributed by atoms with Crippen molar-refractivity contribution in [1.82, 2.24) is 0 Å². The zero-order chi connectivity index (χ0) is 14.8. The number of aliphatic hydroxyl groups is 1. The van der Waals surface area contributed by atoms with Gasteiger partial charge in [0.25, 0.3) is 0 Å². The summed E-state index contributed by atoms with van der Waals surface area (Å²) in [5.74, 6) is 1.22. The van der Waals surface area contributed by atoms with Crippen molar-refractivity contribution in [3.8, 4) is 17.2 Å². The second-order valence-corrected chi connectivity index (χ2v) is 4.69. The minimum Gasteiger partial charge on any atom is -0.496 e. The van der Waals surface area contributed by atoms with Gasteiger partial charge in [0.05, 0.1) is 7.11 Å². The Hall–Kier alpha value is -2.27. The van der Waals surface area contributed by atoms with Gasteiger partial charge in [0.2, 0.25) is 0 Å². The average molecular weight is 290 g/mol. The van der Waals surface area contributed by atoms with Gasteiger partial charge in [-0.25, -0.2) is 4.39 Å². The van der Waals surface area contributed by atoms with Crippen molar-refractivity contribution in [3.63, 3.8) is 0 Å². The Labute approximate surface area is 121 Å². The summed E-state index contributed by atoms with van der Waals surface area (Å²) in [6.45, 7) is 0.975. The summed E-state index contributed by atoms with van der Waals surface area (Å²) in [7, 11) is 1.48. The SMILES string of the molecule is COc1ccc(F)cc1C(O)c1ccc2c(c1)OCCO2. The van der Waals surface area contributed by atoms with E-state index in [4.69, 9.17) is 14.2 Å². The van der Waals surface area contributed by atoms with Gasteiger partial charge < -0.3 is 19.3 Å². The van der Waals surface area contributed by atoms with Crippen LogP contribution in [-0.4, -0.2) is 25.4 Å². The summed E-state index contributed by atoms with van der Waals surface area (Å²) in [5.41, 5.74) is 0.956. The first kappa shape index (κ1) is 13.7. The third kappa shape index (κ3) is 2.64. The summed E-state index contributed by atoms with van der Waals surface area (Å²) in [6, 6.07) is 9.20. The van der Waals surface area contributed by atoms with Crippen molar-refractivity contribution in [2.75, 3.05) is 20.3 Å². The molecule has 2 aromatic rings. The topological polar surface area (TPSA) is 47.9 Å². The number of rotatable bonds is 3. The lowest BCUT2D eigenvalue weighted by molar-refractivity contribution is 0.169. The highest BCUT2D eigenvalue weighted by Gasteiger charge is 2.19. The third-order valence-corrected chi connectivity index (χ3v) is 3.37. The van der Waals surface area contributed by atoms with Gasteiger partial charge in [-0.3, -0.25) is 0 Å². The number of benzene rings is 2. The third-order valence-electron chi connectivity index (χ3n) is 3.37. The van der Waals surface area contributed by atoms with E-state index in [2.05, 4.69) is 0 Å². The van der Waals surface area contributed by atoms with E-state index in [-0.39, 0.29) is 0 Å². The Morgan fingerprint density at radius 1 is 1.10 bits per heavy atom. The van der Waals surface area contributed by atoms with E-state index in [0.29, 0.717) is 41.6 Å². The van der Waals surface area contributed by atoms with Crippen molar-refractivity contribution in [2.45, 2.75) is 6.10 Å². The Balaban J connectivity index is 1.98. The maximum Gasteiger partial charge on any atom is 0.161 e. The van der Waals surface area contributed by atoms with Crippen LogP contribution in [0.2, 0.25) is 0 Å². The van der Waals surface area contributed by atoms with Crippen LogP contribution >= 0.6 is 0 Å². The fourth-order valence-corrected chi connectivity index (χ4v) is 2.33. The fraction of sp³-hybridized carbons (Fsp3) is 0.250. The van der Waals surface area contributed by atoms with E-state index >= 15 is 0 Å². The van der Waals surface area contributed by atoms with Gasteiger partial charge in [-0.1, -0.05) is 6.07 Å². The number of hydrogen-bond acceptors (Lipinski definition) is 4. The lowest BCUT2D eigenvalue weighted by atomic mass is 10.00. The Morgan fingerprint density at radius 2 is 1.86 bits per heavy atom. The molecule has 0 saturated heterocycles. The summed E-state index contributed by atoms with van der Waals surface area (Å²) >= 11 is 0. The molecule has 0 bridgehead atoms. The maximum atomic E-state index is 13.4. The minimum absolute atomic E-state index is 0.370. The first-order valence-corrected chi connectivity index (χ1v) is 6.60. The van der Waals surface area contributed by atoms with Crippen LogP contribution in [0.15, 0.2) is 36.4 Å². The van der Waals surface area contributed by atoms with Gasteiger partial charge in [0, 0.05) is 5.56 Å². The number of methoxy groups -OCH3 is 1. The molecule has 2 aromatic carbocycles. The van der Waals surface area contributed by atoms with Gasteiger partial charge >= 0.3 is 0 Å². The monoisotopic (exact) mass is 290 g/mol. The zero-order valence-electron chi connectivity index (χ0n) is 11.5. The normalized spacial score (nSPS) is 14.6. The Morgan fingerprint density at radius 3 is 2.62 bits per heavy atom. The van der Waals surface area contributed by atoms with Crippen LogP contribution in [0, 0.1) is 5.82 Å². The summed E-state index contributed by atoms with van der Waals surface area (Å²) in [6.07, 6.45) is -1.01. The van der Waals surface area contributed by atoms with Gasteiger partial charge in [-0.15, -0.1) is 0 Å². The second-order valence-electron chi connectivity index (χ2n) is 4.69.